The van der Waals surface area contributed by atoms with Gasteiger partial charge in [-0.1, -0.05) is 23.7 Å². The Morgan fingerprint density at radius 3 is 2.41 bits per heavy atom. The van der Waals surface area contributed by atoms with Crippen molar-refractivity contribution in [2.24, 2.45) is 0 Å². The maximum absolute atomic E-state index is 14.8. The number of alkyl carbamates (subject to hydrolysis) is 1. The van der Waals surface area contributed by atoms with E-state index in [1.807, 2.05) is 0 Å². The Hall–Kier alpha value is -3.93. The summed E-state index contributed by atoms with van der Waals surface area (Å²) in [4.78, 5) is 53.0. The lowest BCUT2D eigenvalue weighted by Crippen LogP contribution is -2.62. The van der Waals surface area contributed by atoms with Crippen LogP contribution in [-0.2, 0) is 14.3 Å². The Morgan fingerprint density at radius 2 is 1.77 bits per heavy atom. The van der Waals surface area contributed by atoms with Crippen LogP contribution in [0.5, 0.6) is 0 Å². The smallest absolute Gasteiger partial charge is 0.407 e. The molecule has 0 spiro atoms. The molecule has 0 aromatic heterocycles. The lowest BCUT2D eigenvalue weighted by Gasteiger charge is -2.43. The van der Waals surface area contributed by atoms with Crippen LogP contribution in [-0.4, -0.2) is 74.2 Å². The second-order valence-electron chi connectivity index (χ2n) is 9.80. The molecule has 10 nitrogen and oxygen atoms in total. The SMILES string of the molecule is CN(C(=O)N1CC(OC(=O)NC2CN(c3cc(F)c(C4CCC(=O)NC4=O)c(F)c3)C2)C1)c1ccccc1Cl. The van der Waals surface area contributed by atoms with Crippen molar-refractivity contribution in [3.8, 4) is 0 Å². The van der Waals surface area contributed by atoms with Gasteiger partial charge in [-0.15, -0.1) is 0 Å². The minimum absolute atomic E-state index is 0.0153. The molecule has 2 aromatic rings. The van der Waals surface area contributed by atoms with Gasteiger partial charge in [0.25, 0.3) is 0 Å². The van der Waals surface area contributed by atoms with Crippen molar-refractivity contribution in [3.63, 3.8) is 0 Å². The van der Waals surface area contributed by atoms with E-state index < -0.39 is 41.6 Å². The molecule has 0 saturated carbocycles. The number of halogens is 3. The molecule has 1 atom stereocenters. The van der Waals surface area contributed by atoms with E-state index in [-0.39, 0.29) is 49.3 Å². The fourth-order valence-electron chi connectivity index (χ4n) is 4.90. The number of piperidine rings is 1. The maximum atomic E-state index is 14.8. The molecule has 2 aromatic carbocycles. The zero-order valence-corrected chi connectivity index (χ0v) is 21.7. The van der Waals surface area contributed by atoms with Crippen molar-refractivity contribution >= 4 is 46.9 Å². The molecule has 5 rings (SSSR count). The Balaban J connectivity index is 1.07. The highest BCUT2D eigenvalue weighted by Crippen LogP contribution is 2.33. The third-order valence-corrected chi connectivity index (χ3v) is 7.43. The van der Waals surface area contributed by atoms with Crippen LogP contribution in [0.15, 0.2) is 36.4 Å². The number of imide groups is 1. The van der Waals surface area contributed by atoms with E-state index in [4.69, 9.17) is 16.3 Å². The molecule has 0 radical (unpaired) electrons. The van der Waals surface area contributed by atoms with Gasteiger partial charge < -0.3 is 19.9 Å². The number of ether oxygens (including phenoxy) is 1. The molecule has 3 aliphatic rings. The summed E-state index contributed by atoms with van der Waals surface area (Å²) in [5.74, 6) is -3.96. The van der Waals surface area contributed by atoms with Gasteiger partial charge in [-0.25, -0.2) is 18.4 Å². The molecule has 3 saturated heterocycles. The van der Waals surface area contributed by atoms with Gasteiger partial charge in [0.2, 0.25) is 11.8 Å². The highest BCUT2D eigenvalue weighted by Gasteiger charge is 2.38. The van der Waals surface area contributed by atoms with Crippen LogP contribution >= 0.6 is 11.6 Å². The third-order valence-electron chi connectivity index (χ3n) is 7.11. The summed E-state index contributed by atoms with van der Waals surface area (Å²) in [5, 5.41) is 5.27. The summed E-state index contributed by atoms with van der Waals surface area (Å²) in [5.41, 5.74) is 0.503. The van der Waals surface area contributed by atoms with Crippen molar-refractivity contribution in [1.82, 2.24) is 15.5 Å². The second-order valence-corrected chi connectivity index (χ2v) is 10.2. The molecule has 1 unspecified atom stereocenters. The number of hydrogen-bond acceptors (Lipinski definition) is 6. The van der Waals surface area contributed by atoms with Crippen LogP contribution in [0.25, 0.3) is 0 Å². The van der Waals surface area contributed by atoms with E-state index >= 15 is 0 Å². The lowest BCUT2D eigenvalue weighted by molar-refractivity contribution is -0.134. The molecule has 0 bridgehead atoms. The van der Waals surface area contributed by atoms with Gasteiger partial charge in [0.05, 0.1) is 35.8 Å². The molecule has 13 heteroatoms. The number of likely N-dealkylation sites (tertiary alicyclic amines) is 1. The monoisotopic (exact) mass is 561 g/mol. The van der Waals surface area contributed by atoms with E-state index in [2.05, 4.69) is 10.6 Å². The van der Waals surface area contributed by atoms with Crippen LogP contribution < -0.4 is 20.4 Å². The zero-order chi connectivity index (χ0) is 27.8. The normalized spacial score (nSPS) is 19.6. The van der Waals surface area contributed by atoms with E-state index in [0.29, 0.717) is 23.8 Å². The largest absolute Gasteiger partial charge is 0.442 e. The van der Waals surface area contributed by atoms with E-state index in [1.54, 1.807) is 36.2 Å². The molecule has 39 heavy (non-hydrogen) atoms. The number of para-hydroxylation sites is 1. The molecule has 3 heterocycles. The molecule has 2 N–H and O–H groups in total. The van der Waals surface area contributed by atoms with Gasteiger partial charge in [0, 0.05) is 37.8 Å². The third kappa shape index (κ3) is 5.47. The van der Waals surface area contributed by atoms with Crippen LogP contribution in [0.1, 0.15) is 24.3 Å². The van der Waals surface area contributed by atoms with Gasteiger partial charge in [0.1, 0.15) is 17.7 Å². The number of amides is 5. The Morgan fingerprint density at radius 1 is 1.10 bits per heavy atom. The van der Waals surface area contributed by atoms with Crippen LogP contribution in [0, 0.1) is 11.6 Å². The zero-order valence-electron chi connectivity index (χ0n) is 21.0. The number of anilines is 2. The van der Waals surface area contributed by atoms with Gasteiger partial charge in [-0.3, -0.25) is 19.8 Å². The van der Waals surface area contributed by atoms with E-state index in [1.165, 1.54) is 9.80 Å². The minimum atomic E-state index is -1.06. The first kappa shape index (κ1) is 26.7. The average molecular weight is 562 g/mol. The van der Waals surface area contributed by atoms with Gasteiger partial charge in [-0.2, -0.15) is 0 Å². The highest BCUT2D eigenvalue weighted by atomic mass is 35.5. The maximum Gasteiger partial charge on any atom is 0.407 e. The predicted octanol–water partition coefficient (Wildman–Crippen LogP) is 2.99. The van der Waals surface area contributed by atoms with E-state index in [0.717, 1.165) is 12.1 Å². The van der Waals surface area contributed by atoms with Crippen LogP contribution in [0.3, 0.4) is 0 Å². The number of carbonyl (C=O) groups is 4. The quantitative estimate of drug-likeness (QED) is 0.543. The molecule has 3 aliphatic heterocycles. The topological polar surface area (TPSA) is 111 Å². The number of urea groups is 1. The van der Waals surface area contributed by atoms with Gasteiger partial charge in [-0.05, 0) is 30.7 Å². The van der Waals surface area contributed by atoms with Crippen molar-refractivity contribution in [3.05, 3.63) is 58.6 Å². The minimum Gasteiger partial charge on any atom is -0.442 e. The molecule has 0 aliphatic carbocycles. The van der Waals surface area contributed by atoms with Crippen molar-refractivity contribution in [2.75, 3.05) is 43.0 Å². The second kappa shape index (κ2) is 10.7. The fourth-order valence-corrected chi connectivity index (χ4v) is 5.16. The van der Waals surface area contributed by atoms with Crippen LogP contribution in [0.4, 0.5) is 29.7 Å². The first-order valence-corrected chi connectivity index (χ1v) is 12.8. The fraction of sp³-hybridized carbons (Fsp3) is 0.385. The van der Waals surface area contributed by atoms with Crippen molar-refractivity contribution in [2.45, 2.75) is 30.9 Å². The van der Waals surface area contributed by atoms with Crippen LogP contribution in [0.2, 0.25) is 5.02 Å². The number of hydrogen-bond donors (Lipinski definition) is 2. The number of benzene rings is 2. The molecule has 5 amide bonds. The number of nitrogens with zero attached hydrogens (tertiary/aromatic N) is 3. The van der Waals surface area contributed by atoms with Crippen molar-refractivity contribution in [1.29, 1.82) is 0 Å². The number of nitrogens with one attached hydrogen (secondary N) is 2. The standard InChI is InChI=1S/C26H26ClF2N5O5/c1-32(21-5-3-2-4-18(21)27)26(38)34-12-16(13-34)39-25(37)30-14-10-33(11-14)15-8-19(28)23(20(29)9-15)17-6-7-22(35)31-24(17)36/h2-5,8-9,14,16-17H,6-7,10-13H2,1H3,(H,30,37)(H,31,35,36). The summed E-state index contributed by atoms with van der Waals surface area (Å²) in [7, 11) is 1.62. The Bertz CT molecular complexity index is 1310. The lowest BCUT2D eigenvalue weighted by atomic mass is 9.89. The summed E-state index contributed by atoms with van der Waals surface area (Å²) in [6.07, 6.45) is -1.03. The summed E-state index contributed by atoms with van der Waals surface area (Å²) >= 11 is 6.15. The van der Waals surface area contributed by atoms with Gasteiger partial charge >= 0.3 is 12.1 Å². The molecule has 3 fully saturated rings. The van der Waals surface area contributed by atoms with E-state index in [9.17, 15) is 28.0 Å². The van der Waals surface area contributed by atoms with Gasteiger partial charge in [0.15, 0.2) is 0 Å². The summed E-state index contributed by atoms with van der Waals surface area (Å²) < 4.78 is 34.9. The first-order chi connectivity index (χ1) is 18.6. The summed E-state index contributed by atoms with van der Waals surface area (Å²) in [6, 6.07) is 8.73. The predicted molar refractivity (Wildman–Crippen MR) is 138 cm³/mol. The molecular formula is C26H26ClF2N5O5. The average Bonchev–Trinajstić information content (AvgIpc) is 2.83. The molecular weight excluding hydrogens is 536 g/mol. The molecule has 206 valence electrons. The first-order valence-electron chi connectivity index (χ1n) is 12.4. The highest BCUT2D eigenvalue weighted by molar-refractivity contribution is 6.33. The Labute approximate surface area is 227 Å². The number of carbonyl (C=O) groups excluding carboxylic acids is 4. The number of rotatable bonds is 5. The Kier molecular flexibility index (Phi) is 7.30. The summed E-state index contributed by atoms with van der Waals surface area (Å²) in [6.45, 7) is 1.11. The van der Waals surface area contributed by atoms with Crippen molar-refractivity contribution < 1.29 is 32.7 Å².